The van der Waals surface area contributed by atoms with Gasteiger partial charge in [0.1, 0.15) is 5.82 Å². The van der Waals surface area contributed by atoms with Gasteiger partial charge in [0.2, 0.25) is 5.95 Å². The van der Waals surface area contributed by atoms with E-state index in [9.17, 15) is 0 Å². The number of aryl methyl sites for hydroxylation is 1. The molecule has 0 bridgehead atoms. The number of nitrogens with one attached hydrogen (secondary N) is 2. The van der Waals surface area contributed by atoms with Gasteiger partial charge < -0.3 is 10.6 Å². The highest BCUT2D eigenvalue weighted by molar-refractivity contribution is 5.56. The van der Waals surface area contributed by atoms with E-state index in [2.05, 4.69) is 40.5 Å². The van der Waals surface area contributed by atoms with Crippen molar-refractivity contribution in [1.29, 1.82) is 5.26 Å². The first kappa shape index (κ1) is 14.8. The van der Waals surface area contributed by atoms with Gasteiger partial charge in [-0.25, -0.2) is 4.98 Å². The quantitative estimate of drug-likeness (QED) is 0.877. The van der Waals surface area contributed by atoms with E-state index in [1.54, 1.807) is 12.1 Å². The van der Waals surface area contributed by atoms with Crippen LogP contribution >= 0.6 is 0 Å². The Morgan fingerprint density at radius 1 is 1.19 bits per heavy atom. The molecule has 0 saturated heterocycles. The van der Waals surface area contributed by atoms with Crippen LogP contribution in [-0.4, -0.2) is 16.5 Å². The number of benzene rings is 1. The summed E-state index contributed by atoms with van der Waals surface area (Å²) in [6, 6.07) is 11.2. The maximum Gasteiger partial charge on any atom is 0.229 e. The highest BCUT2D eigenvalue weighted by Gasteiger charge is 2.04. The maximum atomic E-state index is 8.79. The normalized spacial score (nSPS) is 10.2. The predicted octanol–water partition coefficient (Wildman–Crippen LogP) is 3.47. The molecule has 0 amide bonds. The fourth-order valence-corrected chi connectivity index (χ4v) is 1.78. The first-order valence-corrected chi connectivity index (χ1v) is 6.93. The summed E-state index contributed by atoms with van der Waals surface area (Å²) in [5.41, 5.74) is 2.38. The molecule has 0 aliphatic carbocycles. The standard InChI is InChI=1S/C16H19N5/c1-11(2)10-18-15-8-12(3)19-16(21-15)20-14-6-4-13(9-17)5-7-14/h4-8,11H,10H2,1-3H3,(H2,18,19,20,21). The first-order chi connectivity index (χ1) is 10.1. The molecular weight excluding hydrogens is 262 g/mol. The Hall–Kier alpha value is -2.61. The van der Waals surface area contributed by atoms with Crippen molar-refractivity contribution in [2.75, 3.05) is 17.2 Å². The fourth-order valence-electron chi connectivity index (χ4n) is 1.78. The zero-order valence-corrected chi connectivity index (χ0v) is 12.5. The Morgan fingerprint density at radius 2 is 1.90 bits per heavy atom. The lowest BCUT2D eigenvalue weighted by atomic mass is 10.2. The van der Waals surface area contributed by atoms with Crippen molar-refractivity contribution in [3.8, 4) is 6.07 Å². The summed E-state index contributed by atoms with van der Waals surface area (Å²) in [6.07, 6.45) is 0. The van der Waals surface area contributed by atoms with E-state index in [1.807, 2.05) is 25.1 Å². The van der Waals surface area contributed by atoms with E-state index in [-0.39, 0.29) is 0 Å². The molecule has 5 heteroatoms. The second-order valence-corrected chi connectivity index (χ2v) is 5.31. The van der Waals surface area contributed by atoms with E-state index in [1.165, 1.54) is 0 Å². The lowest BCUT2D eigenvalue weighted by Crippen LogP contribution is -2.10. The zero-order chi connectivity index (χ0) is 15.2. The van der Waals surface area contributed by atoms with Crippen molar-refractivity contribution in [1.82, 2.24) is 9.97 Å². The molecule has 0 saturated carbocycles. The average molecular weight is 281 g/mol. The van der Waals surface area contributed by atoms with Gasteiger partial charge in [-0.2, -0.15) is 10.2 Å². The highest BCUT2D eigenvalue weighted by atomic mass is 15.1. The topological polar surface area (TPSA) is 73.6 Å². The summed E-state index contributed by atoms with van der Waals surface area (Å²) < 4.78 is 0. The van der Waals surface area contributed by atoms with Crippen LogP contribution in [0.25, 0.3) is 0 Å². The summed E-state index contributed by atoms with van der Waals surface area (Å²) in [5, 5.41) is 15.2. The number of nitrogens with zero attached hydrogens (tertiary/aromatic N) is 3. The van der Waals surface area contributed by atoms with Gasteiger partial charge in [0, 0.05) is 24.0 Å². The SMILES string of the molecule is Cc1cc(NCC(C)C)nc(Nc2ccc(C#N)cc2)n1. The van der Waals surface area contributed by atoms with Crippen LogP contribution in [0.3, 0.4) is 0 Å². The molecular formula is C16H19N5. The van der Waals surface area contributed by atoms with Crippen LogP contribution in [0, 0.1) is 24.2 Å². The van der Waals surface area contributed by atoms with Gasteiger partial charge >= 0.3 is 0 Å². The molecule has 0 unspecified atom stereocenters. The molecule has 0 fully saturated rings. The first-order valence-electron chi connectivity index (χ1n) is 6.93. The summed E-state index contributed by atoms with van der Waals surface area (Å²) >= 11 is 0. The van der Waals surface area contributed by atoms with E-state index in [0.29, 0.717) is 17.4 Å². The highest BCUT2D eigenvalue weighted by Crippen LogP contribution is 2.16. The number of hydrogen-bond donors (Lipinski definition) is 2. The average Bonchev–Trinajstić information content (AvgIpc) is 2.45. The molecule has 0 radical (unpaired) electrons. The van der Waals surface area contributed by atoms with Crippen molar-refractivity contribution in [2.45, 2.75) is 20.8 Å². The maximum absolute atomic E-state index is 8.79. The van der Waals surface area contributed by atoms with Crippen molar-refractivity contribution in [3.63, 3.8) is 0 Å². The van der Waals surface area contributed by atoms with Gasteiger partial charge in [-0.05, 0) is 37.1 Å². The van der Waals surface area contributed by atoms with Crippen LogP contribution in [0.4, 0.5) is 17.5 Å². The van der Waals surface area contributed by atoms with E-state index in [0.717, 1.165) is 23.7 Å². The van der Waals surface area contributed by atoms with E-state index < -0.39 is 0 Å². The zero-order valence-electron chi connectivity index (χ0n) is 12.5. The van der Waals surface area contributed by atoms with Gasteiger partial charge in [0.25, 0.3) is 0 Å². The molecule has 0 atom stereocenters. The van der Waals surface area contributed by atoms with Gasteiger partial charge in [-0.15, -0.1) is 0 Å². The van der Waals surface area contributed by atoms with Gasteiger partial charge in [0.05, 0.1) is 11.6 Å². The fraction of sp³-hybridized carbons (Fsp3) is 0.312. The molecule has 0 spiro atoms. The van der Waals surface area contributed by atoms with Crippen LogP contribution in [0.15, 0.2) is 30.3 Å². The second kappa shape index (κ2) is 6.71. The smallest absolute Gasteiger partial charge is 0.229 e. The third-order valence-corrected chi connectivity index (χ3v) is 2.82. The molecule has 2 rings (SSSR count). The van der Waals surface area contributed by atoms with Crippen LogP contribution in [-0.2, 0) is 0 Å². The van der Waals surface area contributed by atoms with Crippen molar-refractivity contribution < 1.29 is 0 Å². The van der Waals surface area contributed by atoms with Crippen molar-refractivity contribution >= 4 is 17.5 Å². The van der Waals surface area contributed by atoms with Crippen molar-refractivity contribution in [3.05, 3.63) is 41.6 Å². The van der Waals surface area contributed by atoms with Gasteiger partial charge in [-0.3, -0.25) is 0 Å². The number of nitriles is 1. The Kier molecular flexibility index (Phi) is 4.72. The van der Waals surface area contributed by atoms with Crippen LogP contribution in [0.5, 0.6) is 0 Å². The lowest BCUT2D eigenvalue weighted by molar-refractivity contribution is 0.687. The molecule has 0 aliphatic heterocycles. The monoisotopic (exact) mass is 281 g/mol. The predicted molar refractivity (Wildman–Crippen MR) is 84.5 cm³/mol. The van der Waals surface area contributed by atoms with Crippen LogP contribution in [0.2, 0.25) is 0 Å². The largest absolute Gasteiger partial charge is 0.370 e. The van der Waals surface area contributed by atoms with Crippen LogP contribution < -0.4 is 10.6 Å². The number of rotatable bonds is 5. The summed E-state index contributed by atoms with van der Waals surface area (Å²) in [4.78, 5) is 8.82. The molecule has 2 aromatic rings. The Bertz CT molecular complexity index is 641. The Morgan fingerprint density at radius 3 is 2.52 bits per heavy atom. The van der Waals surface area contributed by atoms with E-state index >= 15 is 0 Å². The molecule has 5 nitrogen and oxygen atoms in total. The number of hydrogen-bond acceptors (Lipinski definition) is 5. The summed E-state index contributed by atoms with van der Waals surface area (Å²) in [6.45, 7) is 7.10. The molecule has 1 heterocycles. The Labute approximate surface area is 125 Å². The van der Waals surface area contributed by atoms with Gasteiger partial charge in [0.15, 0.2) is 0 Å². The molecule has 108 valence electrons. The minimum absolute atomic E-state index is 0.547. The van der Waals surface area contributed by atoms with Crippen molar-refractivity contribution in [2.24, 2.45) is 5.92 Å². The molecule has 2 N–H and O–H groups in total. The van der Waals surface area contributed by atoms with Gasteiger partial charge in [-0.1, -0.05) is 13.8 Å². The molecule has 0 aliphatic rings. The summed E-state index contributed by atoms with van der Waals surface area (Å²) in [7, 11) is 0. The van der Waals surface area contributed by atoms with Crippen LogP contribution in [0.1, 0.15) is 25.1 Å². The lowest BCUT2D eigenvalue weighted by Gasteiger charge is -2.11. The van der Waals surface area contributed by atoms with E-state index in [4.69, 9.17) is 5.26 Å². The third-order valence-electron chi connectivity index (χ3n) is 2.82. The minimum atomic E-state index is 0.547. The molecule has 1 aromatic heterocycles. The second-order valence-electron chi connectivity index (χ2n) is 5.31. The third kappa shape index (κ3) is 4.46. The number of aromatic nitrogens is 2. The summed E-state index contributed by atoms with van der Waals surface area (Å²) in [5.74, 6) is 1.91. The molecule has 21 heavy (non-hydrogen) atoms. The number of anilines is 3. The molecule has 1 aromatic carbocycles. The minimum Gasteiger partial charge on any atom is -0.370 e. The Balaban J connectivity index is 2.13.